The Bertz CT molecular complexity index is 1800. The Labute approximate surface area is 236 Å². The van der Waals surface area contributed by atoms with Crippen LogP contribution in [0.4, 0.5) is 10.6 Å². The van der Waals surface area contributed by atoms with Crippen LogP contribution in [0.2, 0.25) is 0 Å². The molecule has 0 fully saturated rings. The van der Waals surface area contributed by atoms with E-state index in [4.69, 9.17) is 14.4 Å². The Morgan fingerprint density at radius 3 is 2.65 bits per heavy atom. The third-order valence-corrected chi connectivity index (χ3v) is 7.74. The maximum atomic E-state index is 12.3. The van der Waals surface area contributed by atoms with Gasteiger partial charge in [0.25, 0.3) is 5.89 Å². The number of aromatic nitrogens is 8. The van der Waals surface area contributed by atoms with E-state index in [1.54, 1.807) is 30.9 Å². The summed E-state index contributed by atoms with van der Waals surface area (Å²) in [5.41, 5.74) is 3.91. The van der Waals surface area contributed by atoms with Crippen LogP contribution in [0.15, 0.2) is 58.7 Å². The zero-order valence-corrected chi connectivity index (χ0v) is 23.2. The SMILES string of the molecule is CCNC(=O)Nc1cc(-c2nc(-c3ccccc3)cs2)c(-c2nc(-c3ncnn3C)c(-c3nnc(C)o3)s2)cn1. The Hall–Kier alpha value is -4.82. The summed E-state index contributed by atoms with van der Waals surface area (Å²) < 4.78 is 7.40. The molecule has 200 valence electrons. The van der Waals surface area contributed by atoms with Crippen molar-refractivity contribution in [3.8, 4) is 54.7 Å². The van der Waals surface area contributed by atoms with Crippen molar-refractivity contribution in [3.63, 3.8) is 0 Å². The first-order chi connectivity index (χ1) is 19.5. The van der Waals surface area contributed by atoms with Gasteiger partial charge in [-0.1, -0.05) is 30.3 Å². The third-order valence-electron chi connectivity index (χ3n) is 5.79. The van der Waals surface area contributed by atoms with Crippen molar-refractivity contribution in [1.29, 1.82) is 0 Å². The van der Waals surface area contributed by atoms with Crippen LogP contribution in [-0.4, -0.2) is 52.5 Å². The van der Waals surface area contributed by atoms with Crippen LogP contribution in [0.5, 0.6) is 0 Å². The van der Waals surface area contributed by atoms with E-state index in [0.29, 0.717) is 45.5 Å². The second kappa shape index (κ2) is 10.7. The van der Waals surface area contributed by atoms with E-state index >= 15 is 0 Å². The minimum Gasteiger partial charge on any atom is -0.420 e. The van der Waals surface area contributed by atoms with Gasteiger partial charge in [0, 0.05) is 48.8 Å². The molecule has 6 aromatic rings. The van der Waals surface area contributed by atoms with Crippen LogP contribution in [0, 0.1) is 6.92 Å². The van der Waals surface area contributed by atoms with Crippen LogP contribution in [0.3, 0.4) is 0 Å². The second-order valence-electron chi connectivity index (χ2n) is 8.53. The summed E-state index contributed by atoms with van der Waals surface area (Å²) in [6.45, 7) is 4.07. The fourth-order valence-electron chi connectivity index (χ4n) is 3.96. The highest BCUT2D eigenvalue weighted by Crippen LogP contribution is 2.43. The molecule has 14 heteroatoms. The van der Waals surface area contributed by atoms with E-state index < -0.39 is 0 Å². The normalized spacial score (nSPS) is 11.1. The summed E-state index contributed by atoms with van der Waals surface area (Å²) >= 11 is 2.87. The molecule has 2 amide bonds. The molecule has 0 unspecified atom stereocenters. The first kappa shape index (κ1) is 25.5. The lowest BCUT2D eigenvalue weighted by Gasteiger charge is -2.09. The van der Waals surface area contributed by atoms with Crippen LogP contribution >= 0.6 is 22.7 Å². The predicted octanol–water partition coefficient (Wildman–Crippen LogP) is 5.29. The second-order valence-corrected chi connectivity index (χ2v) is 10.4. The van der Waals surface area contributed by atoms with Crippen molar-refractivity contribution in [2.75, 3.05) is 11.9 Å². The number of aryl methyl sites for hydroxylation is 2. The summed E-state index contributed by atoms with van der Waals surface area (Å²) in [5, 5.41) is 21.3. The van der Waals surface area contributed by atoms with Crippen molar-refractivity contribution in [2.24, 2.45) is 7.05 Å². The molecule has 0 bridgehead atoms. The highest BCUT2D eigenvalue weighted by molar-refractivity contribution is 7.19. The fourth-order valence-corrected chi connectivity index (χ4v) is 5.83. The van der Waals surface area contributed by atoms with Crippen LogP contribution in [-0.2, 0) is 7.05 Å². The van der Waals surface area contributed by atoms with Gasteiger partial charge < -0.3 is 9.73 Å². The number of carbonyl (C=O) groups is 1. The molecule has 0 aliphatic carbocycles. The number of anilines is 1. The molecule has 0 saturated carbocycles. The minimum atomic E-state index is -0.342. The maximum absolute atomic E-state index is 12.3. The lowest BCUT2D eigenvalue weighted by molar-refractivity contribution is 0.252. The first-order valence-electron chi connectivity index (χ1n) is 12.2. The van der Waals surface area contributed by atoms with E-state index in [0.717, 1.165) is 27.4 Å². The number of hydrogen-bond donors (Lipinski definition) is 2. The number of thiazole rings is 2. The molecule has 0 radical (unpaired) electrons. The fraction of sp³-hybridized carbons (Fsp3) is 0.154. The smallest absolute Gasteiger partial charge is 0.320 e. The molecule has 5 aromatic heterocycles. The van der Waals surface area contributed by atoms with Gasteiger partial charge in [0.05, 0.1) is 5.69 Å². The Kier molecular flexibility index (Phi) is 6.84. The number of hydrogen-bond acceptors (Lipinski definition) is 11. The van der Waals surface area contributed by atoms with Gasteiger partial charge in [-0.15, -0.1) is 32.9 Å². The maximum Gasteiger partial charge on any atom is 0.320 e. The van der Waals surface area contributed by atoms with E-state index in [1.807, 2.05) is 42.6 Å². The number of benzene rings is 1. The number of pyridine rings is 1. The van der Waals surface area contributed by atoms with Gasteiger partial charge in [-0.05, 0) is 13.0 Å². The van der Waals surface area contributed by atoms with Gasteiger partial charge >= 0.3 is 6.03 Å². The lowest BCUT2D eigenvalue weighted by Crippen LogP contribution is -2.28. The minimum absolute atomic E-state index is 0.337. The molecular formula is C26H22N10O2S2. The van der Waals surface area contributed by atoms with E-state index in [-0.39, 0.29) is 6.03 Å². The van der Waals surface area contributed by atoms with Gasteiger partial charge in [0.2, 0.25) is 5.89 Å². The van der Waals surface area contributed by atoms with Crippen LogP contribution in [0.1, 0.15) is 12.8 Å². The number of urea groups is 1. The quantitative estimate of drug-likeness (QED) is 0.261. The van der Waals surface area contributed by atoms with Crippen molar-refractivity contribution < 1.29 is 9.21 Å². The Morgan fingerprint density at radius 1 is 1.07 bits per heavy atom. The largest absolute Gasteiger partial charge is 0.420 e. The Morgan fingerprint density at radius 2 is 1.93 bits per heavy atom. The van der Waals surface area contributed by atoms with Crippen molar-refractivity contribution in [2.45, 2.75) is 13.8 Å². The van der Waals surface area contributed by atoms with Crippen molar-refractivity contribution >= 4 is 34.5 Å². The number of rotatable bonds is 7. The van der Waals surface area contributed by atoms with E-state index in [1.165, 1.54) is 29.0 Å². The highest BCUT2D eigenvalue weighted by atomic mass is 32.1. The monoisotopic (exact) mass is 570 g/mol. The standard InChI is InChI=1S/C26H22N10O2S2/c1-4-27-26(37)32-19-10-16(24-31-18(12-39-24)15-8-6-5-7-9-15)17(11-28-19)25-33-20(22-29-13-30-36(22)3)21(40-25)23-35-34-14(2)38-23/h5-13H,4H2,1-3H3,(H2,27,28,32,37). The number of carbonyl (C=O) groups excluding carboxylic acids is 1. The zero-order chi connectivity index (χ0) is 27.6. The molecule has 1 aromatic carbocycles. The van der Waals surface area contributed by atoms with E-state index in [2.05, 4.69) is 35.9 Å². The molecular weight excluding hydrogens is 548 g/mol. The van der Waals surface area contributed by atoms with Gasteiger partial charge in [-0.2, -0.15) is 5.10 Å². The highest BCUT2D eigenvalue weighted by Gasteiger charge is 2.25. The molecule has 40 heavy (non-hydrogen) atoms. The molecule has 0 aliphatic heterocycles. The van der Waals surface area contributed by atoms with Crippen molar-refractivity contribution in [3.05, 3.63) is 60.2 Å². The lowest BCUT2D eigenvalue weighted by atomic mass is 10.1. The number of nitrogens with one attached hydrogen (secondary N) is 2. The first-order valence-corrected chi connectivity index (χ1v) is 13.9. The number of amides is 2. The molecule has 0 spiro atoms. The van der Waals surface area contributed by atoms with Gasteiger partial charge in [0.1, 0.15) is 32.7 Å². The summed E-state index contributed by atoms with van der Waals surface area (Å²) in [5.74, 6) is 1.72. The van der Waals surface area contributed by atoms with Gasteiger partial charge in [-0.25, -0.2) is 29.4 Å². The molecule has 12 nitrogen and oxygen atoms in total. The summed E-state index contributed by atoms with van der Waals surface area (Å²) in [4.78, 5) is 31.7. The van der Waals surface area contributed by atoms with Gasteiger partial charge in [-0.3, -0.25) is 5.32 Å². The third kappa shape index (κ3) is 4.97. The van der Waals surface area contributed by atoms with Crippen LogP contribution in [0.25, 0.3) is 54.7 Å². The summed E-state index contributed by atoms with van der Waals surface area (Å²) in [6, 6.07) is 11.4. The topological polar surface area (TPSA) is 149 Å². The molecule has 0 atom stereocenters. The predicted molar refractivity (Wildman–Crippen MR) is 153 cm³/mol. The molecule has 0 aliphatic rings. The summed E-state index contributed by atoms with van der Waals surface area (Å²) in [6.07, 6.45) is 3.15. The zero-order valence-electron chi connectivity index (χ0n) is 21.6. The van der Waals surface area contributed by atoms with E-state index in [9.17, 15) is 4.79 Å². The van der Waals surface area contributed by atoms with Crippen LogP contribution < -0.4 is 10.6 Å². The summed E-state index contributed by atoms with van der Waals surface area (Å²) in [7, 11) is 1.79. The Balaban J connectivity index is 1.50. The molecule has 6 rings (SSSR count). The molecule has 0 saturated heterocycles. The number of nitrogens with zero attached hydrogens (tertiary/aromatic N) is 8. The average molecular weight is 571 g/mol. The molecule has 5 heterocycles. The van der Waals surface area contributed by atoms with Gasteiger partial charge in [0.15, 0.2) is 5.82 Å². The molecule has 2 N–H and O–H groups in total. The average Bonchev–Trinajstić information content (AvgIpc) is 3.76. The van der Waals surface area contributed by atoms with Crippen molar-refractivity contribution in [1.82, 2.24) is 45.2 Å².